The van der Waals surface area contributed by atoms with Crippen molar-refractivity contribution in [1.82, 2.24) is 5.43 Å². The number of carbonyl (C=O) groups is 1. The second-order valence-corrected chi connectivity index (χ2v) is 6.01. The lowest BCUT2D eigenvalue weighted by Gasteiger charge is -2.11. The topological polar surface area (TPSA) is 85.9 Å². The molecule has 0 unspecified atom stereocenters. The van der Waals surface area contributed by atoms with Gasteiger partial charge in [0.1, 0.15) is 6.61 Å². The molecule has 3 aromatic rings. The summed E-state index contributed by atoms with van der Waals surface area (Å²) in [4.78, 5) is 12.1. The fourth-order valence-corrected chi connectivity index (χ4v) is 2.53. The van der Waals surface area contributed by atoms with E-state index in [1.165, 1.54) is 6.21 Å². The minimum absolute atomic E-state index is 0.335. The molecule has 0 atom stereocenters. The van der Waals surface area contributed by atoms with Gasteiger partial charge in [0.2, 0.25) is 0 Å². The number of nitrogen functional groups attached to an aromatic ring is 1. The largest absolute Gasteiger partial charge is 0.493 e. The molecule has 0 aliphatic carbocycles. The predicted molar refractivity (Wildman–Crippen MR) is 110 cm³/mol. The highest BCUT2D eigenvalue weighted by molar-refractivity contribution is 5.95. The van der Waals surface area contributed by atoms with Gasteiger partial charge in [0.05, 0.1) is 13.3 Å². The number of amides is 1. The number of hydrogen-bond acceptors (Lipinski definition) is 5. The lowest BCUT2D eigenvalue weighted by Crippen LogP contribution is -2.17. The van der Waals surface area contributed by atoms with E-state index in [9.17, 15) is 4.79 Å². The van der Waals surface area contributed by atoms with Gasteiger partial charge in [0.25, 0.3) is 5.91 Å². The lowest BCUT2D eigenvalue weighted by molar-refractivity contribution is 0.0955. The Bertz CT molecular complexity index is 972. The van der Waals surface area contributed by atoms with E-state index in [1.807, 2.05) is 42.5 Å². The van der Waals surface area contributed by atoms with Crippen LogP contribution in [0.2, 0.25) is 0 Å². The van der Waals surface area contributed by atoms with Crippen LogP contribution in [0, 0.1) is 0 Å². The smallest absolute Gasteiger partial charge is 0.271 e. The fourth-order valence-electron chi connectivity index (χ4n) is 2.53. The van der Waals surface area contributed by atoms with E-state index in [0.717, 1.165) is 11.1 Å². The van der Waals surface area contributed by atoms with Crippen LogP contribution < -0.4 is 20.6 Å². The van der Waals surface area contributed by atoms with Crippen LogP contribution in [0.25, 0.3) is 0 Å². The Morgan fingerprint density at radius 1 is 1.04 bits per heavy atom. The van der Waals surface area contributed by atoms with E-state index < -0.39 is 0 Å². The first-order valence-electron chi connectivity index (χ1n) is 8.69. The lowest BCUT2D eigenvalue weighted by atomic mass is 10.2. The van der Waals surface area contributed by atoms with Gasteiger partial charge in [0, 0.05) is 11.3 Å². The molecule has 6 nitrogen and oxygen atoms in total. The summed E-state index contributed by atoms with van der Waals surface area (Å²) >= 11 is 0. The molecule has 0 fully saturated rings. The highest BCUT2D eigenvalue weighted by Gasteiger charge is 2.06. The first-order valence-corrected chi connectivity index (χ1v) is 8.69. The monoisotopic (exact) mass is 375 g/mol. The van der Waals surface area contributed by atoms with Gasteiger partial charge in [0.15, 0.2) is 11.5 Å². The number of nitrogens with zero attached hydrogens (tertiary/aromatic N) is 1. The van der Waals surface area contributed by atoms with Crippen LogP contribution >= 0.6 is 0 Å². The maximum atomic E-state index is 12.1. The summed E-state index contributed by atoms with van der Waals surface area (Å²) in [5, 5.41) is 3.98. The SMILES string of the molecule is COc1cc(/C=N\NC(=O)c2cccc(N)c2)ccc1OCc1ccccc1. The number of hydrogen-bond donors (Lipinski definition) is 2. The highest BCUT2D eigenvalue weighted by atomic mass is 16.5. The first-order chi connectivity index (χ1) is 13.7. The third kappa shape index (κ3) is 5.11. The van der Waals surface area contributed by atoms with Gasteiger partial charge >= 0.3 is 0 Å². The number of rotatable bonds is 7. The van der Waals surface area contributed by atoms with E-state index in [2.05, 4.69) is 10.5 Å². The Labute approximate surface area is 163 Å². The number of nitrogens with one attached hydrogen (secondary N) is 1. The molecule has 0 bridgehead atoms. The van der Waals surface area contributed by atoms with Gasteiger partial charge < -0.3 is 15.2 Å². The summed E-state index contributed by atoms with van der Waals surface area (Å²) in [5.74, 6) is 0.882. The van der Waals surface area contributed by atoms with Crippen molar-refractivity contribution in [2.75, 3.05) is 12.8 Å². The van der Waals surface area contributed by atoms with Crippen molar-refractivity contribution in [2.24, 2.45) is 5.10 Å². The molecule has 6 heteroatoms. The maximum Gasteiger partial charge on any atom is 0.271 e. The van der Waals surface area contributed by atoms with E-state index in [-0.39, 0.29) is 5.91 Å². The van der Waals surface area contributed by atoms with E-state index in [0.29, 0.717) is 29.4 Å². The number of benzene rings is 3. The molecule has 3 rings (SSSR count). The average Bonchev–Trinajstić information content (AvgIpc) is 2.73. The molecule has 0 saturated heterocycles. The second kappa shape index (κ2) is 9.23. The van der Waals surface area contributed by atoms with Gasteiger partial charge in [-0.25, -0.2) is 5.43 Å². The molecule has 0 aliphatic rings. The van der Waals surface area contributed by atoms with Gasteiger partial charge in [-0.15, -0.1) is 0 Å². The molecule has 3 N–H and O–H groups in total. The zero-order valence-corrected chi connectivity index (χ0v) is 15.5. The summed E-state index contributed by atoms with van der Waals surface area (Å²) in [5.41, 5.74) is 11.0. The molecular formula is C22H21N3O3. The summed E-state index contributed by atoms with van der Waals surface area (Å²) in [6.07, 6.45) is 1.54. The molecule has 0 saturated carbocycles. The maximum absolute atomic E-state index is 12.1. The summed E-state index contributed by atoms with van der Waals surface area (Å²) in [6.45, 7) is 0.445. The molecular weight excluding hydrogens is 354 g/mol. The zero-order valence-electron chi connectivity index (χ0n) is 15.5. The summed E-state index contributed by atoms with van der Waals surface area (Å²) < 4.78 is 11.2. The van der Waals surface area contributed by atoms with Crippen LogP contribution in [0.15, 0.2) is 77.9 Å². The van der Waals surface area contributed by atoms with Crippen molar-refractivity contribution >= 4 is 17.8 Å². The van der Waals surface area contributed by atoms with Gasteiger partial charge in [-0.2, -0.15) is 5.10 Å². The van der Waals surface area contributed by atoms with Crippen molar-refractivity contribution in [3.63, 3.8) is 0 Å². The van der Waals surface area contributed by atoms with E-state index >= 15 is 0 Å². The highest BCUT2D eigenvalue weighted by Crippen LogP contribution is 2.28. The van der Waals surface area contributed by atoms with E-state index in [1.54, 1.807) is 37.4 Å². The van der Waals surface area contributed by atoms with Crippen LogP contribution in [0.5, 0.6) is 11.5 Å². The molecule has 0 aliphatic heterocycles. The molecule has 28 heavy (non-hydrogen) atoms. The van der Waals surface area contributed by atoms with Crippen LogP contribution in [0.4, 0.5) is 5.69 Å². The third-order valence-electron chi connectivity index (χ3n) is 3.95. The molecule has 0 radical (unpaired) electrons. The molecule has 0 spiro atoms. The Hall–Kier alpha value is -3.80. The van der Waals surface area contributed by atoms with Crippen molar-refractivity contribution in [3.8, 4) is 11.5 Å². The van der Waals surface area contributed by atoms with Crippen molar-refractivity contribution in [3.05, 3.63) is 89.5 Å². The fraction of sp³-hybridized carbons (Fsp3) is 0.0909. The Balaban J connectivity index is 1.62. The minimum atomic E-state index is -0.335. The number of methoxy groups -OCH3 is 1. The Morgan fingerprint density at radius 2 is 1.86 bits per heavy atom. The molecule has 142 valence electrons. The quantitative estimate of drug-likeness (QED) is 0.375. The second-order valence-electron chi connectivity index (χ2n) is 6.01. The summed E-state index contributed by atoms with van der Waals surface area (Å²) in [7, 11) is 1.58. The van der Waals surface area contributed by atoms with Crippen molar-refractivity contribution < 1.29 is 14.3 Å². The molecule has 1 amide bonds. The van der Waals surface area contributed by atoms with Crippen LogP contribution in [-0.4, -0.2) is 19.2 Å². The minimum Gasteiger partial charge on any atom is -0.493 e. The number of carbonyl (C=O) groups excluding carboxylic acids is 1. The van der Waals surface area contributed by atoms with Gasteiger partial charge in [-0.1, -0.05) is 36.4 Å². The number of hydrazone groups is 1. The molecule has 0 heterocycles. The predicted octanol–water partition coefficient (Wildman–Crippen LogP) is 3.62. The normalized spacial score (nSPS) is 10.6. The number of anilines is 1. The van der Waals surface area contributed by atoms with Crippen molar-refractivity contribution in [1.29, 1.82) is 0 Å². The average molecular weight is 375 g/mol. The Kier molecular flexibility index (Phi) is 6.25. The number of ether oxygens (including phenoxy) is 2. The van der Waals surface area contributed by atoms with Gasteiger partial charge in [-0.3, -0.25) is 4.79 Å². The molecule has 0 aromatic heterocycles. The van der Waals surface area contributed by atoms with E-state index in [4.69, 9.17) is 15.2 Å². The molecule has 3 aromatic carbocycles. The Morgan fingerprint density at radius 3 is 2.61 bits per heavy atom. The van der Waals surface area contributed by atoms with Crippen molar-refractivity contribution in [2.45, 2.75) is 6.61 Å². The standard InChI is InChI=1S/C22H21N3O3/c1-27-21-12-17(10-11-20(21)28-15-16-6-3-2-4-7-16)14-24-25-22(26)18-8-5-9-19(23)13-18/h2-14H,15,23H2,1H3,(H,25,26)/b24-14-. The van der Waals surface area contributed by atoms with Crippen LogP contribution in [0.3, 0.4) is 0 Å². The first kappa shape index (κ1) is 19.0. The van der Waals surface area contributed by atoms with Crippen LogP contribution in [0.1, 0.15) is 21.5 Å². The zero-order chi connectivity index (χ0) is 19.8. The van der Waals surface area contributed by atoms with Gasteiger partial charge in [-0.05, 0) is 47.5 Å². The number of nitrogens with two attached hydrogens (primary N) is 1. The van der Waals surface area contributed by atoms with Crippen LogP contribution in [-0.2, 0) is 6.61 Å². The summed E-state index contributed by atoms with van der Waals surface area (Å²) in [6, 6.07) is 22.0. The third-order valence-corrected chi connectivity index (χ3v) is 3.95.